The summed E-state index contributed by atoms with van der Waals surface area (Å²) in [6.45, 7) is 0. The molecule has 1 rings (SSSR count). The van der Waals surface area contributed by atoms with Crippen LogP contribution in [0.4, 0.5) is 22.0 Å². The average Bonchev–Trinajstić information content (AvgIpc) is 2.14. The summed E-state index contributed by atoms with van der Waals surface area (Å²) in [5.74, 6) is -0.607. The molecule has 1 aromatic rings. The molecule has 0 amide bonds. The van der Waals surface area contributed by atoms with Gasteiger partial charge in [-0.1, -0.05) is 0 Å². The quantitative estimate of drug-likeness (QED) is 0.612. The van der Waals surface area contributed by atoms with E-state index in [2.05, 4.69) is 25.7 Å². The van der Waals surface area contributed by atoms with E-state index < -0.39 is 29.5 Å². The highest BCUT2D eigenvalue weighted by Crippen LogP contribution is 2.42. The van der Waals surface area contributed by atoms with Crippen molar-refractivity contribution in [3.63, 3.8) is 0 Å². The van der Waals surface area contributed by atoms with E-state index in [4.69, 9.17) is 0 Å². The topological polar surface area (TPSA) is 22.1 Å². The molecular weight excluding hydrogens is 301 g/mol. The summed E-state index contributed by atoms with van der Waals surface area (Å²) in [5.41, 5.74) is -2.71. The van der Waals surface area contributed by atoms with Crippen molar-refractivity contribution < 1.29 is 26.7 Å². The molecule has 0 aliphatic carbocycles. The van der Waals surface area contributed by atoms with Crippen LogP contribution in [-0.2, 0) is 6.18 Å². The zero-order chi connectivity index (χ0) is 12.5. The van der Waals surface area contributed by atoms with Crippen molar-refractivity contribution >= 4 is 15.9 Å². The van der Waals surface area contributed by atoms with Gasteiger partial charge in [0, 0.05) is 6.20 Å². The van der Waals surface area contributed by atoms with Crippen LogP contribution in [-0.4, -0.2) is 12.1 Å². The highest BCUT2D eigenvalue weighted by atomic mass is 79.9. The largest absolute Gasteiger partial charge is 0.493 e. The molecule has 0 unspecified atom stereocenters. The lowest BCUT2D eigenvalue weighted by Crippen LogP contribution is -2.12. The second-order valence-corrected chi connectivity index (χ2v) is 3.46. The smallest absolute Gasteiger partial charge is 0.418 e. The molecule has 0 fully saturated rings. The Morgan fingerprint density at radius 2 is 1.94 bits per heavy atom. The fraction of sp³-hybridized carbons (Fsp3) is 0.375. The molecule has 0 aliphatic heterocycles. The van der Waals surface area contributed by atoms with Crippen LogP contribution < -0.4 is 4.74 Å². The van der Waals surface area contributed by atoms with E-state index in [0.29, 0.717) is 6.20 Å². The van der Waals surface area contributed by atoms with Crippen molar-refractivity contribution in [1.82, 2.24) is 4.98 Å². The summed E-state index contributed by atoms with van der Waals surface area (Å²) in [5, 5.41) is 0. The number of alkyl halides is 5. The van der Waals surface area contributed by atoms with Gasteiger partial charge in [-0.2, -0.15) is 13.2 Å². The predicted molar refractivity (Wildman–Crippen MR) is 48.4 cm³/mol. The van der Waals surface area contributed by atoms with Crippen molar-refractivity contribution in [1.29, 1.82) is 0 Å². The Morgan fingerprint density at radius 3 is 2.31 bits per heavy atom. The Kier molecular flexibility index (Phi) is 3.72. The van der Waals surface area contributed by atoms with Gasteiger partial charge >= 0.3 is 6.18 Å². The minimum atomic E-state index is -4.90. The molecule has 8 heteroatoms. The van der Waals surface area contributed by atoms with Crippen molar-refractivity contribution in [3.8, 4) is 5.75 Å². The normalized spacial score (nSPS) is 12.0. The average molecular weight is 306 g/mol. The molecule has 1 aromatic heterocycles. The Morgan fingerprint density at radius 1 is 1.38 bits per heavy atom. The lowest BCUT2D eigenvalue weighted by atomic mass is 10.1. The number of nitrogens with zero attached hydrogens (tertiary/aromatic N) is 1. The zero-order valence-electron chi connectivity index (χ0n) is 7.78. The molecule has 0 N–H and O–H groups in total. The van der Waals surface area contributed by atoms with Gasteiger partial charge < -0.3 is 4.74 Å². The number of halogens is 6. The van der Waals surface area contributed by atoms with Crippen LogP contribution >= 0.6 is 15.9 Å². The van der Waals surface area contributed by atoms with E-state index in [1.807, 2.05) is 0 Å². The first-order valence-electron chi connectivity index (χ1n) is 3.86. The van der Waals surface area contributed by atoms with Crippen molar-refractivity contribution in [2.24, 2.45) is 0 Å². The summed E-state index contributed by atoms with van der Waals surface area (Å²) >= 11 is 2.74. The third kappa shape index (κ3) is 2.42. The highest BCUT2D eigenvalue weighted by Gasteiger charge is 2.38. The Hall–Kier alpha value is -0.920. The first-order valence-corrected chi connectivity index (χ1v) is 4.66. The fourth-order valence-corrected chi connectivity index (χ4v) is 1.60. The van der Waals surface area contributed by atoms with Crippen LogP contribution in [0.5, 0.6) is 5.75 Å². The standard InChI is InChI=1S/C8H5BrF5NO/c1-16-5-4(7(10)11)3(8(12,13)14)2-15-6(5)9/h2,7H,1H3. The molecule has 0 atom stereocenters. The number of hydrogen-bond acceptors (Lipinski definition) is 2. The van der Waals surface area contributed by atoms with Crippen LogP contribution in [0.1, 0.15) is 17.6 Å². The lowest BCUT2D eigenvalue weighted by molar-refractivity contribution is -0.140. The lowest BCUT2D eigenvalue weighted by Gasteiger charge is -2.15. The maximum absolute atomic E-state index is 12.6. The Balaban J connectivity index is 3.52. The van der Waals surface area contributed by atoms with Crippen molar-refractivity contribution in [2.45, 2.75) is 12.6 Å². The SMILES string of the molecule is COc1c(Br)ncc(C(F)(F)F)c1C(F)F. The summed E-state index contributed by atoms with van der Waals surface area (Å²) < 4.78 is 66.6. The van der Waals surface area contributed by atoms with Gasteiger partial charge in [0.25, 0.3) is 6.43 Å². The van der Waals surface area contributed by atoms with Crippen LogP contribution in [0, 0.1) is 0 Å². The highest BCUT2D eigenvalue weighted by molar-refractivity contribution is 9.10. The first-order chi connectivity index (χ1) is 7.29. The number of methoxy groups -OCH3 is 1. The van der Waals surface area contributed by atoms with E-state index in [9.17, 15) is 22.0 Å². The van der Waals surface area contributed by atoms with Gasteiger partial charge in [0.15, 0.2) is 5.75 Å². The van der Waals surface area contributed by atoms with Gasteiger partial charge in [0.1, 0.15) is 4.60 Å². The molecule has 0 spiro atoms. The molecule has 2 nitrogen and oxygen atoms in total. The molecule has 0 saturated heterocycles. The molecular formula is C8H5BrF5NO. The molecule has 0 radical (unpaired) electrons. The number of pyridine rings is 1. The number of hydrogen-bond donors (Lipinski definition) is 0. The molecule has 90 valence electrons. The van der Waals surface area contributed by atoms with Gasteiger partial charge in [-0.3, -0.25) is 0 Å². The van der Waals surface area contributed by atoms with Gasteiger partial charge in [-0.05, 0) is 15.9 Å². The second kappa shape index (κ2) is 4.52. The van der Waals surface area contributed by atoms with Crippen molar-refractivity contribution in [2.75, 3.05) is 7.11 Å². The first kappa shape index (κ1) is 13.1. The van der Waals surface area contributed by atoms with Crippen LogP contribution in [0.15, 0.2) is 10.8 Å². The van der Waals surface area contributed by atoms with Crippen molar-refractivity contribution in [3.05, 3.63) is 21.9 Å². The second-order valence-electron chi connectivity index (χ2n) is 2.71. The Labute approximate surface area is 95.6 Å². The van der Waals surface area contributed by atoms with Gasteiger partial charge in [0.05, 0.1) is 18.2 Å². The molecule has 16 heavy (non-hydrogen) atoms. The maximum atomic E-state index is 12.6. The monoisotopic (exact) mass is 305 g/mol. The van der Waals surface area contributed by atoms with E-state index in [0.717, 1.165) is 7.11 Å². The molecule has 0 aromatic carbocycles. The van der Waals surface area contributed by atoms with E-state index >= 15 is 0 Å². The fourth-order valence-electron chi connectivity index (χ4n) is 1.12. The maximum Gasteiger partial charge on any atom is 0.418 e. The number of rotatable bonds is 2. The van der Waals surface area contributed by atoms with E-state index in [1.54, 1.807) is 0 Å². The summed E-state index contributed by atoms with van der Waals surface area (Å²) in [7, 11) is 0.994. The van der Waals surface area contributed by atoms with Gasteiger partial charge in [0.2, 0.25) is 0 Å². The summed E-state index contributed by atoms with van der Waals surface area (Å²) in [6, 6.07) is 0. The number of aromatic nitrogens is 1. The van der Waals surface area contributed by atoms with Gasteiger partial charge in [-0.15, -0.1) is 0 Å². The van der Waals surface area contributed by atoms with E-state index in [-0.39, 0.29) is 4.60 Å². The third-order valence-corrected chi connectivity index (χ3v) is 2.32. The van der Waals surface area contributed by atoms with Crippen LogP contribution in [0.25, 0.3) is 0 Å². The Bertz CT molecular complexity index is 393. The minimum Gasteiger partial charge on any atom is -0.493 e. The third-order valence-electron chi connectivity index (χ3n) is 1.76. The van der Waals surface area contributed by atoms with Gasteiger partial charge in [-0.25, -0.2) is 13.8 Å². The van der Waals surface area contributed by atoms with Crippen LogP contribution in [0.3, 0.4) is 0 Å². The molecule has 0 aliphatic rings. The predicted octanol–water partition coefficient (Wildman–Crippen LogP) is 3.81. The minimum absolute atomic E-state index is 0.196. The van der Waals surface area contributed by atoms with E-state index in [1.165, 1.54) is 0 Å². The van der Waals surface area contributed by atoms with Crippen LogP contribution in [0.2, 0.25) is 0 Å². The number of ether oxygens (including phenoxy) is 1. The molecule has 1 heterocycles. The summed E-state index contributed by atoms with van der Waals surface area (Å²) in [4.78, 5) is 3.30. The zero-order valence-corrected chi connectivity index (χ0v) is 9.36. The molecule has 0 saturated carbocycles. The summed E-state index contributed by atoms with van der Waals surface area (Å²) in [6.07, 6.45) is -7.85. The molecule has 0 bridgehead atoms.